The van der Waals surface area contributed by atoms with Crippen LogP contribution in [0.5, 0.6) is 0 Å². The highest BCUT2D eigenvalue weighted by Gasteiger charge is 2.19. The molecule has 1 aliphatic rings. The van der Waals surface area contributed by atoms with E-state index in [1.807, 2.05) is 53.4 Å². The van der Waals surface area contributed by atoms with Gasteiger partial charge < -0.3 is 15.5 Å². The summed E-state index contributed by atoms with van der Waals surface area (Å²) in [5.41, 5.74) is 2.87. The molecule has 0 aliphatic carbocycles. The van der Waals surface area contributed by atoms with Crippen LogP contribution in [-0.4, -0.2) is 23.4 Å². The van der Waals surface area contributed by atoms with Gasteiger partial charge in [0.25, 0.3) is 0 Å². The SMILES string of the molecule is O=C(NCc1cccc(CN2CCCC2=O)c1)Nc1ccc(I)cc1. The van der Waals surface area contributed by atoms with E-state index in [9.17, 15) is 9.59 Å². The first-order valence-corrected chi connectivity index (χ1v) is 9.34. The van der Waals surface area contributed by atoms with E-state index >= 15 is 0 Å². The van der Waals surface area contributed by atoms with Crippen LogP contribution in [0.4, 0.5) is 10.5 Å². The van der Waals surface area contributed by atoms with Gasteiger partial charge in [-0.25, -0.2) is 4.79 Å². The first-order valence-electron chi connectivity index (χ1n) is 8.26. The molecule has 0 atom stereocenters. The lowest BCUT2D eigenvalue weighted by molar-refractivity contribution is -0.128. The third-order valence-corrected chi connectivity index (χ3v) is 4.81. The molecule has 25 heavy (non-hydrogen) atoms. The van der Waals surface area contributed by atoms with Crippen LogP contribution in [0.25, 0.3) is 0 Å². The minimum Gasteiger partial charge on any atom is -0.338 e. The number of amides is 3. The average Bonchev–Trinajstić information content (AvgIpc) is 3.00. The van der Waals surface area contributed by atoms with E-state index in [0.29, 0.717) is 19.5 Å². The Morgan fingerprint density at radius 1 is 1.12 bits per heavy atom. The molecule has 130 valence electrons. The number of rotatable bonds is 5. The second kappa shape index (κ2) is 8.33. The summed E-state index contributed by atoms with van der Waals surface area (Å²) in [6.45, 7) is 1.92. The Balaban J connectivity index is 1.52. The van der Waals surface area contributed by atoms with Crippen LogP contribution in [0.2, 0.25) is 0 Å². The number of halogens is 1. The molecule has 1 heterocycles. The zero-order chi connectivity index (χ0) is 17.6. The van der Waals surface area contributed by atoms with E-state index < -0.39 is 0 Å². The molecule has 1 aliphatic heterocycles. The van der Waals surface area contributed by atoms with Crippen LogP contribution in [0, 0.1) is 3.57 Å². The van der Waals surface area contributed by atoms with Crippen LogP contribution >= 0.6 is 22.6 Å². The smallest absolute Gasteiger partial charge is 0.319 e. The maximum atomic E-state index is 12.0. The van der Waals surface area contributed by atoms with Crippen molar-refractivity contribution in [3.8, 4) is 0 Å². The fourth-order valence-electron chi connectivity index (χ4n) is 2.82. The number of carbonyl (C=O) groups is 2. The summed E-state index contributed by atoms with van der Waals surface area (Å²) in [5, 5.41) is 5.67. The van der Waals surface area contributed by atoms with Gasteiger partial charge in [-0.3, -0.25) is 4.79 Å². The van der Waals surface area contributed by atoms with Crippen LogP contribution in [0.3, 0.4) is 0 Å². The van der Waals surface area contributed by atoms with E-state index in [0.717, 1.165) is 33.4 Å². The van der Waals surface area contributed by atoms with Crippen LogP contribution in [0.15, 0.2) is 48.5 Å². The minimum absolute atomic E-state index is 0.223. The van der Waals surface area contributed by atoms with Gasteiger partial charge >= 0.3 is 6.03 Å². The number of benzene rings is 2. The molecule has 3 amide bonds. The second-order valence-electron chi connectivity index (χ2n) is 6.05. The predicted octanol–water partition coefficient (Wildman–Crippen LogP) is 3.74. The highest BCUT2D eigenvalue weighted by atomic mass is 127. The average molecular weight is 449 g/mol. The molecule has 1 saturated heterocycles. The largest absolute Gasteiger partial charge is 0.338 e. The maximum Gasteiger partial charge on any atom is 0.319 e. The van der Waals surface area contributed by atoms with E-state index in [2.05, 4.69) is 33.2 Å². The summed E-state index contributed by atoms with van der Waals surface area (Å²) >= 11 is 2.22. The summed E-state index contributed by atoms with van der Waals surface area (Å²) in [4.78, 5) is 25.6. The number of hydrogen-bond acceptors (Lipinski definition) is 2. The van der Waals surface area contributed by atoms with E-state index in [1.165, 1.54) is 0 Å². The molecule has 3 rings (SSSR count). The molecular formula is C19H20IN3O2. The monoisotopic (exact) mass is 449 g/mol. The Kier molecular flexibility index (Phi) is 5.91. The van der Waals surface area contributed by atoms with Crippen LogP contribution < -0.4 is 10.6 Å². The molecule has 1 fully saturated rings. The van der Waals surface area contributed by atoms with Gasteiger partial charge in [-0.05, 0) is 64.4 Å². The van der Waals surface area contributed by atoms with Gasteiger partial charge in [0.1, 0.15) is 0 Å². The van der Waals surface area contributed by atoms with Crippen molar-refractivity contribution in [3.05, 3.63) is 63.2 Å². The third-order valence-electron chi connectivity index (χ3n) is 4.09. The Morgan fingerprint density at radius 2 is 1.88 bits per heavy atom. The molecule has 6 heteroatoms. The summed E-state index contributed by atoms with van der Waals surface area (Å²) in [7, 11) is 0. The van der Waals surface area contributed by atoms with Gasteiger partial charge in [0.05, 0.1) is 0 Å². The quantitative estimate of drug-likeness (QED) is 0.684. The molecule has 2 aromatic rings. The van der Waals surface area contributed by atoms with Crippen molar-refractivity contribution in [1.29, 1.82) is 0 Å². The Labute approximate surface area is 160 Å². The fourth-order valence-corrected chi connectivity index (χ4v) is 3.18. The lowest BCUT2D eigenvalue weighted by Crippen LogP contribution is -2.28. The maximum absolute atomic E-state index is 12.0. The summed E-state index contributed by atoms with van der Waals surface area (Å²) in [5.74, 6) is 0.223. The van der Waals surface area contributed by atoms with Crippen molar-refractivity contribution in [2.45, 2.75) is 25.9 Å². The molecule has 0 saturated carbocycles. The molecule has 0 radical (unpaired) electrons. The number of nitrogens with one attached hydrogen (secondary N) is 2. The van der Waals surface area contributed by atoms with Gasteiger partial charge in [0.15, 0.2) is 0 Å². The number of nitrogens with zero attached hydrogens (tertiary/aromatic N) is 1. The second-order valence-corrected chi connectivity index (χ2v) is 7.30. The zero-order valence-corrected chi connectivity index (χ0v) is 16.0. The third kappa shape index (κ3) is 5.19. The normalized spacial score (nSPS) is 13.8. The van der Waals surface area contributed by atoms with Crippen molar-refractivity contribution in [1.82, 2.24) is 10.2 Å². The Hall–Kier alpha value is -2.09. The van der Waals surface area contributed by atoms with Crippen molar-refractivity contribution in [2.75, 3.05) is 11.9 Å². The highest BCUT2D eigenvalue weighted by molar-refractivity contribution is 14.1. The van der Waals surface area contributed by atoms with Crippen molar-refractivity contribution >= 4 is 40.2 Å². The molecule has 0 aromatic heterocycles. The lowest BCUT2D eigenvalue weighted by Gasteiger charge is -2.16. The van der Waals surface area contributed by atoms with E-state index in [4.69, 9.17) is 0 Å². The molecule has 2 N–H and O–H groups in total. The predicted molar refractivity (Wildman–Crippen MR) is 106 cm³/mol. The molecule has 0 bridgehead atoms. The first kappa shape index (κ1) is 17.7. The minimum atomic E-state index is -0.235. The van der Waals surface area contributed by atoms with E-state index in [1.54, 1.807) is 0 Å². The van der Waals surface area contributed by atoms with Gasteiger partial charge in [0, 0.05) is 35.3 Å². The topological polar surface area (TPSA) is 61.4 Å². The van der Waals surface area contributed by atoms with Gasteiger partial charge in [-0.15, -0.1) is 0 Å². The summed E-state index contributed by atoms with van der Waals surface area (Å²) < 4.78 is 1.12. The molecule has 5 nitrogen and oxygen atoms in total. The lowest BCUT2D eigenvalue weighted by atomic mass is 10.1. The van der Waals surface area contributed by atoms with Gasteiger partial charge in [0.2, 0.25) is 5.91 Å². The van der Waals surface area contributed by atoms with Crippen LogP contribution in [-0.2, 0) is 17.9 Å². The number of hydrogen-bond donors (Lipinski definition) is 2. The van der Waals surface area contributed by atoms with Gasteiger partial charge in [-0.1, -0.05) is 24.3 Å². The summed E-state index contributed by atoms with van der Waals surface area (Å²) in [6.07, 6.45) is 1.60. The highest BCUT2D eigenvalue weighted by Crippen LogP contribution is 2.15. The van der Waals surface area contributed by atoms with Crippen molar-refractivity contribution in [3.63, 3.8) is 0 Å². The Morgan fingerprint density at radius 3 is 2.60 bits per heavy atom. The fraction of sp³-hybridized carbons (Fsp3) is 0.263. The standard InChI is InChI=1S/C19H20IN3O2/c20-16-6-8-17(9-7-16)22-19(25)21-12-14-3-1-4-15(11-14)13-23-10-2-5-18(23)24/h1,3-4,6-9,11H,2,5,10,12-13H2,(H2,21,22,25). The number of urea groups is 1. The van der Waals surface area contributed by atoms with Crippen LogP contribution in [0.1, 0.15) is 24.0 Å². The molecule has 0 spiro atoms. The Bertz CT molecular complexity index is 762. The number of carbonyl (C=O) groups excluding carboxylic acids is 2. The van der Waals surface area contributed by atoms with Gasteiger partial charge in [-0.2, -0.15) is 0 Å². The number of anilines is 1. The summed E-state index contributed by atoms with van der Waals surface area (Å²) in [6, 6.07) is 15.4. The first-order chi connectivity index (χ1) is 12.1. The van der Waals surface area contributed by atoms with Crippen molar-refractivity contribution in [2.24, 2.45) is 0 Å². The zero-order valence-electron chi connectivity index (χ0n) is 13.8. The van der Waals surface area contributed by atoms with E-state index in [-0.39, 0.29) is 11.9 Å². The number of likely N-dealkylation sites (tertiary alicyclic amines) is 1. The van der Waals surface area contributed by atoms with Crippen molar-refractivity contribution < 1.29 is 9.59 Å². The molecular weight excluding hydrogens is 429 g/mol. The molecule has 0 unspecified atom stereocenters. The molecule has 2 aromatic carbocycles.